The molecule has 2 aromatic rings. The van der Waals surface area contributed by atoms with Gasteiger partial charge in [0, 0.05) is 23.5 Å². The zero-order chi connectivity index (χ0) is 22.0. The van der Waals surface area contributed by atoms with Gasteiger partial charge in [-0.25, -0.2) is 0 Å². The molecule has 2 aromatic carbocycles. The van der Waals surface area contributed by atoms with Crippen LogP contribution in [0.3, 0.4) is 0 Å². The molecule has 1 saturated heterocycles. The summed E-state index contributed by atoms with van der Waals surface area (Å²) < 4.78 is 10.9. The van der Waals surface area contributed by atoms with Crippen LogP contribution in [-0.2, 0) is 21.0 Å². The van der Waals surface area contributed by atoms with Crippen molar-refractivity contribution in [1.82, 2.24) is 4.90 Å². The Morgan fingerprint density at radius 3 is 2.44 bits per heavy atom. The van der Waals surface area contributed by atoms with Crippen LogP contribution in [0.2, 0.25) is 0 Å². The predicted octanol–water partition coefficient (Wildman–Crippen LogP) is 2.87. The van der Waals surface area contributed by atoms with Crippen LogP contribution in [-0.4, -0.2) is 42.7 Å². The molecule has 0 aromatic heterocycles. The third-order valence-electron chi connectivity index (χ3n) is 7.65. The molecule has 6 atom stereocenters. The average molecular weight is 432 g/mol. The fourth-order valence-corrected chi connectivity index (χ4v) is 6.34. The predicted molar refractivity (Wildman–Crippen MR) is 115 cm³/mol. The lowest BCUT2D eigenvalue weighted by Gasteiger charge is -2.30. The lowest BCUT2D eigenvalue weighted by molar-refractivity contribution is -0.141. The minimum Gasteiger partial charge on any atom is -0.497 e. The molecule has 2 aliphatic heterocycles. The highest BCUT2D eigenvalue weighted by atomic mass is 16.6. The van der Waals surface area contributed by atoms with Crippen LogP contribution in [0.5, 0.6) is 11.5 Å². The Balaban J connectivity index is 1.31. The van der Waals surface area contributed by atoms with Gasteiger partial charge < -0.3 is 14.3 Å². The van der Waals surface area contributed by atoms with E-state index in [9.17, 15) is 9.59 Å². The minimum atomic E-state index is -0.301. The summed E-state index contributed by atoms with van der Waals surface area (Å²) in [5, 5.41) is 4.42. The molecule has 3 fully saturated rings. The number of imide groups is 1. The highest BCUT2D eigenvalue weighted by Crippen LogP contribution is 2.62. The van der Waals surface area contributed by atoms with Crippen LogP contribution in [0.15, 0.2) is 53.7 Å². The molecular formula is C25H24N2O5. The Hall–Kier alpha value is -3.35. The molecule has 0 unspecified atom stereocenters. The molecule has 2 aliphatic carbocycles. The molecule has 7 nitrogen and oxygen atoms in total. The molecule has 2 amide bonds. The van der Waals surface area contributed by atoms with E-state index in [1.54, 1.807) is 14.2 Å². The summed E-state index contributed by atoms with van der Waals surface area (Å²) in [4.78, 5) is 34.0. The quantitative estimate of drug-likeness (QED) is 0.679. The number of oxime groups is 1. The number of rotatable bonds is 5. The number of fused-ring (bicyclic) bond motifs is 8. The summed E-state index contributed by atoms with van der Waals surface area (Å²) in [6, 6.07) is 15.3. The van der Waals surface area contributed by atoms with Crippen LogP contribution in [0.4, 0.5) is 0 Å². The van der Waals surface area contributed by atoms with Gasteiger partial charge in [0.05, 0.1) is 38.3 Å². The number of hydrogen-bond acceptors (Lipinski definition) is 6. The molecule has 32 heavy (non-hydrogen) atoms. The van der Waals surface area contributed by atoms with E-state index in [2.05, 4.69) is 5.16 Å². The van der Waals surface area contributed by atoms with Crippen molar-refractivity contribution in [2.45, 2.75) is 19.1 Å². The van der Waals surface area contributed by atoms with Gasteiger partial charge in [-0.05, 0) is 30.0 Å². The topological polar surface area (TPSA) is 77.4 Å². The summed E-state index contributed by atoms with van der Waals surface area (Å²) in [6.45, 7) is 0.328. The number of amides is 2. The van der Waals surface area contributed by atoms with Gasteiger partial charge in [-0.15, -0.1) is 0 Å². The van der Waals surface area contributed by atoms with Crippen LogP contribution < -0.4 is 9.47 Å². The highest BCUT2D eigenvalue weighted by Gasteiger charge is 2.70. The van der Waals surface area contributed by atoms with Crippen molar-refractivity contribution in [1.29, 1.82) is 0 Å². The van der Waals surface area contributed by atoms with Crippen molar-refractivity contribution in [3.05, 3.63) is 59.7 Å². The summed E-state index contributed by atoms with van der Waals surface area (Å²) in [5.74, 6) is 0.680. The van der Waals surface area contributed by atoms with Gasteiger partial charge in [0.2, 0.25) is 11.8 Å². The highest BCUT2D eigenvalue weighted by molar-refractivity contribution is 6.09. The van der Waals surface area contributed by atoms with Crippen LogP contribution in [0.1, 0.15) is 17.5 Å². The molecular weight excluding hydrogens is 408 g/mol. The first-order valence-electron chi connectivity index (χ1n) is 11.0. The molecule has 0 N–H and O–H groups in total. The smallest absolute Gasteiger partial charge is 0.233 e. The molecule has 2 bridgehead atoms. The molecule has 6 rings (SSSR count). The van der Waals surface area contributed by atoms with Gasteiger partial charge in [0.25, 0.3) is 0 Å². The largest absolute Gasteiger partial charge is 0.497 e. The van der Waals surface area contributed by atoms with E-state index in [4.69, 9.17) is 14.3 Å². The number of carbonyl (C=O) groups is 2. The second-order valence-electron chi connectivity index (χ2n) is 9.00. The third kappa shape index (κ3) is 2.57. The summed E-state index contributed by atoms with van der Waals surface area (Å²) >= 11 is 0. The Kier molecular flexibility index (Phi) is 4.28. The zero-order valence-electron chi connectivity index (χ0n) is 17.9. The Labute approximate surface area is 185 Å². The fourth-order valence-electron chi connectivity index (χ4n) is 6.34. The molecule has 4 aliphatic rings. The lowest BCUT2D eigenvalue weighted by atomic mass is 9.71. The van der Waals surface area contributed by atoms with E-state index in [1.807, 2.05) is 48.5 Å². The molecule has 164 valence electrons. The number of carbonyl (C=O) groups excluding carboxylic acids is 2. The summed E-state index contributed by atoms with van der Waals surface area (Å²) in [6.07, 6.45) is 0.648. The van der Waals surface area contributed by atoms with Crippen molar-refractivity contribution in [2.24, 2.45) is 34.7 Å². The average Bonchev–Trinajstić information content (AvgIpc) is 3.56. The number of hydrogen-bond donors (Lipinski definition) is 0. The number of benzene rings is 2. The van der Waals surface area contributed by atoms with E-state index in [-0.39, 0.29) is 47.5 Å². The Morgan fingerprint density at radius 2 is 1.72 bits per heavy atom. The molecule has 0 radical (unpaired) electrons. The maximum absolute atomic E-state index is 13.4. The second-order valence-corrected chi connectivity index (χ2v) is 9.00. The number of likely N-dealkylation sites (tertiary alicyclic amines) is 1. The first-order valence-corrected chi connectivity index (χ1v) is 11.0. The van der Waals surface area contributed by atoms with Crippen LogP contribution in [0.25, 0.3) is 0 Å². The lowest BCUT2D eigenvalue weighted by Crippen LogP contribution is -2.41. The third-order valence-corrected chi connectivity index (χ3v) is 7.65. The summed E-state index contributed by atoms with van der Waals surface area (Å²) in [7, 11) is 3.23. The van der Waals surface area contributed by atoms with E-state index in [0.717, 1.165) is 23.3 Å². The SMILES string of the molecule is COc1ccc(C2=NO[C@H]3[C@H]4C[C@@H]([C@@H]23)[C@@H]2C(=O)N(Cc3ccccc3)C(=O)[C@H]42)c(OC)c1. The number of methoxy groups -OCH3 is 2. The maximum atomic E-state index is 13.4. The van der Waals surface area contributed by atoms with Gasteiger partial charge in [-0.3, -0.25) is 14.5 Å². The van der Waals surface area contributed by atoms with Crippen molar-refractivity contribution in [2.75, 3.05) is 14.2 Å². The van der Waals surface area contributed by atoms with Gasteiger partial charge in [0.1, 0.15) is 17.6 Å². The van der Waals surface area contributed by atoms with Gasteiger partial charge >= 0.3 is 0 Å². The molecule has 7 heteroatoms. The van der Waals surface area contributed by atoms with Crippen molar-refractivity contribution < 1.29 is 23.9 Å². The Morgan fingerprint density at radius 1 is 0.969 bits per heavy atom. The van der Waals surface area contributed by atoms with Gasteiger partial charge in [0.15, 0.2) is 0 Å². The normalized spacial score (nSPS) is 31.9. The standard InChI is InChI=1S/C25H24N2O5/c1-30-14-8-9-15(18(10-14)31-2)22-21-16-11-17(23(21)32-26-22)20-19(16)24(28)27(25(20)29)12-13-6-4-3-5-7-13/h3-10,16-17,19-21,23H,11-12H2,1-2H3/t16-,17+,19+,20-,21+,23+/m1/s1. The van der Waals surface area contributed by atoms with E-state index >= 15 is 0 Å². The monoisotopic (exact) mass is 432 g/mol. The van der Waals surface area contributed by atoms with Gasteiger partial charge in [-0.1, -0.05) is 35.5 Å². The van der Waals surface area contributed by atoms with Crippen molar-refractivity contribution in [3.63, 3.8) is 0 Å². The number of ether oxygens (including phenoxy) is 2. The molecule has 2 saturated carbocycles. The maximum Gasteiger partial charge on any atom is 0.233 e. The first kappa shape index (κ1) is 19.3. The minimum absolute atomic E-state index is 0.0118. The zero-order valence-corrected chi connectivity index (χ0v) is 17.9. The van der Waals surface area contributed by atoms with Crippen LogP contribution in [0, 0.1) is 29.6 Å². The Bertz CT molecular complexity index is 1130. The van der Waals surface area contributed by atoms with Gasteiger partial charge in [-0.2, -0.15) is 0 Å². The van der Waals surface area contributed by atoms with E-state index in [0.29, 0.717) is 18.0 Å². The first-order chi connectivity index (χ1) is 15.6. The second kappa shape index (κ2) is 7.08. The van der Waals surface area contributed by atoms with Crippen molar-refractivity contribution >= 4 is 17.5 Å². The molecule has 2 heterocycles. The van der Waals surface area contributed by atoms with E-state index < -0.39 is 0 Å². The summed E-state index contributed by atoms with van der Waals surface area (Å²) in [5.41, 5.74) is 2.62. The molecule has 0 spiro atoms. The van der Waals surface area contributed by atoms with E-state index in [1.165, 1.54) is 4.90 Å². The number of nitrogens with zero attached hydrogens (tertiary/aromatic N) is 2. The van der Waals surface area contributed by atoms with Crippen molar-refractivity contribution in [3.8, 4) is 11.5 Å². The van der Waals surface area contributed by atoms with Crippen LogP contribution >= 0.6 is 0 Å². The fraction of sp³-hybridized carbons (Fsp3) is 0.400.